The van der Waals surface area contributed by atoms with Crippen molar-refractivity contribution < 1.29 is 32.7 Å². The fraction of sp³-hybridized carbons (Fsp3) is 0.621. The van der Waals surface area contributed by atoms with Crippen LogP contribution in [-0.4, -0.2) is 55.0 Å². The van der Waals surface area contributed by atoms with Crippen molar-refractivity contribution in [1.82, 2.24) is 19.7 Å². The van der Waals surface area contributed by atoms with Crippen molar-refractivity contribution in [2.24, 2.45) is 22.7 Å². The summed E-state index contributed by atoms with van der Waals surface area (Å²) in [6, 6.07) is 0.295. The van der Waals surface area contributed by atoms with Crippen LogP contribution in [0.3, 0.4) is 0 Å². The molecule has 2 aromatic rings. The molecule has 3 fully saturated rings. The first-order chi connectivity index (χ1) is 19.5. The minimum Gasteiger partial charge on any atom is -0.481 e. The van der Waals surface area contributed by atoms with Gasteiger partial charge in [0, 0.05) is 11.7 Å². The van der Waals surface area contributed by atoms with Gasteiger partial charge in [0.2, 0.25) is 0 Å². The summed E-state index contributed by atoms with van der Waals surface area (Å²) in [6.07, 6.45) is -2.17. The van der Waals surface area contributed by atoms with Crippen LogP contribution >= 0.6 is 23.2 Å². The number of aryl methyl sites for hydroxylation is 1. The maximum Gasteiger partial charge on any atom is 0.433 e. The lowest BCUT2D eigenvalue weighted by Crippen LogP contribution is -2.44. The fourth-order valence-corrected chi connectivity index (χ4v) is 7.85. The van der Waals surface area contributed by atoms with Crippen molar-refractivity contribution in [1.29, 1.82) is 0 Å². The van der Waals surface area contributed by atoms with Gasteiger partial charge in [0.05, 0.1) is 40.3 Å². The SMILES string of the molecule is Cc1cc(Cl)c(C(=O)CN(C(=O)c2cnn([C@H]3CC[C@](C)(C(=O)O)CC3)c2C(F)(F)F)[C@H]2C[C@@H]3[C@H](C2)C3(C)C)c(Cl)n1. The van der Waals surface area contributed by atoms with Crippen LogP contribution in [0.25, 0.3) is 0 Å². The van der Waals surface area contributed by atoms with Crippen molar-refractivity contribution in [2.45, 2.75) is 84.5 Å². The molecule has 8 nitrogen and oxygen atoms in total. The number of amides is 1. The number of hydrogen-bond donors (Lipinski definition) is 1. The molecule has 3 saturated carbocycles. The van der Waals surface area contributed by atoms with E-state index >= 15 is 0 Å². The van der Waals surface area contributed by atoms with Gasteiger partial charge in [-0.1, -0.05) is 37.0 Å². The topological polar surface area (TPSA) is 105 Å². The lowest BCUT2D eigenvalue weighted by atomic mass is 9.74. The summed E-state index contributed by atoms with van der Waals surface area (Å²) >= 11 is 12.5. The number of ketones is 1. The number of carbonyl (C=O) groups excluding carboxylic acids is 2. The molecule has 2 aromatic heterocycles. The summed E-state index contributed by atoms with van der Waals surface area (Å²) in [6.45, 7) is 6.96. The maximum absolute atomic E-state index is 14.6. The van der Waals surface area contributed by atoms with Crippen LogP contribution < -0.4 is 0 Å². The van der Waals surface area contributed by atoms with Crippen molar-refractivity contribution in [2.75, 3.05) is 6.54 Å². The molecule has 1 amide bonds. The number of carboxylic acid groups (broad SMARTS) is 1. The van der Waals surface area contributed by atoms with Crippen molar-refractivity contribution in [3.63, 3.8) is 0 Å². The Morgan fingerprint density at radius 3 is 2.24 bits per heavy atom. The summed E-state index contributed by atoms with van der Waals surface area (Å²) in [7, 11) is 0. The van der Waals surface area contributed by atoms with Crippen molar-refractivity contribution in [3.05, 3.63) is 45.0 Å². The van der Waals surface area contributed by atoms with E-state index in [1.807, 2.05) is 0 Å². The number of halogens is 5. The van der Waals surface area contributed by atoms with Gasteiger partial charge in [0.15, 0.2) is 11.5 Å². The van der Waals surface area contributed by atoms with E-state index < -0.39 is 59.1 Å². The van der Waals surface area contributed by atoms with E-state index in [4.69, 9.17) is 23.2 Å². The first-order valence-electron chi connectivity index (χ1n) is 14.0. The van der Waals surface area contributed by atoms with Crippen LogP contribution in [0.2, 0.25) is 10.2 Å². The Morgan fingerprint density at radius 2 is 1.71 bits per heavy atom. The Bertz CT molecular complexity index is 1410. The van der Waals surface area contributed by atoms with E-state index in [9.17, 15) is 32.7 Å². The number of Topliss-reactive ketones (excluding diaryl/α,β-unsaturated/α-hetero) is 1. The molecule has 0 unspecified atom stereocenters. The van der Waals surface area contributed by atoms with Gasteiger partial charge in [-0.05, 0) is 75.7 Å². The van der Waals surface area contributed by atoms with Gasteiger partial charge in [0.1, 0.15) is 5.15 Å². The first kappa shape index (κ1) is 30.8. The number of carbonyl (C=O) groups is 3. The molecule has 42 heavy (non-hydrogen) atoms. The molecular formula is C29H33Cl2F3N4O4. The molecule has 228 valence electrons. The molecule has 0 bridgehead atoms. The average molecular weight is 630 g/mol. The Hall–Kier alpha value is -2.66. The highest BCUT2D eigenvalue weighted by Crippen LogP contribution is 2.67. The maximum atomic E-state index is 14.6. The second kappa shape index (κ2) is 10.5. The Labute approximate surface area is 251 Å². The number of aliphatic carboxylic acids is 1. The van der Waals surface area contributed by atoms with Crippen LogP contribution in [0.15, 0.2) is 12.3 Å². The second-order valence-corrected chi connectivity index (χ2v) is 13.6. The molecule has 13 heteroatoms. The molecule has 3 aliphatic carbocycles. The van der Waals surface area contributed by atoms with E-state index in [1.54, 1.807) is 13.8 Å². The quantitative estimate of drug-likeness (QED) is 0.265. The van der Waals surface area contributed by atoms with Crippen LogP contribution in [-0.2, 0) is 11.0 Å². The van der Waals surface area contributed by atoms with Gasteiger partial charge in [-0.15, -0.1) is 0 Å². The van der Waals surface area contributed by atoms with E-state index in [-0.39, 0.29) is 46.8 Å². The molecule has 0 spiro atoms. The van der Waals surface area contributed by atoms with Gasteiger partial charge in [0.25, 0.3) is 5.91 Å². The summed E-state index contributed by atoms with van der Waals surface area (Å²) in [5.41, 5.74) is -2.37. The van der Waals surface area contributed by atoms with Gasteiger partial charge in [-0.2, -0.15) is 18.3 Å². The number of rotatable bonds is 7. The zero-order valence-corrected chi connectivity index (χ0v) is 25.3. The summed E-state index contributed by atoms with van der Waals surface area (Å²) in [5.74, 6) is -1.94. The van der Waals surface area contributed by atoms with Crippen molar-refractivity contribution >= 4 is 40.9 Å². The highest BCUT2D eigenvalue weighted by Gasteiger charge is 2.63. The zero-order valence-electron chi connectivity index (χ0n) is 23.8. The number of fused-ring (bicyclic) bond motifs is 1. The molecule has 1 N–H and O–H groups in total. The lowest BCUT2D eigenvalue weighted by molar-refractivity contribution is -0.152. The smallest absolute Gasteiger partial charge is 0.433 e. The highest BCUT2D eigenvalue weighted by molar-refractivity contribution is 6.39. The monoisotopic (exact) mass is 628 g/mol. The van der Waals surface area contributed by atoms with Crippen molar-refractivity contribution in [3.8, 4) is 0 Å². The first-order valence-corrected chi connectivity index (χ1v) is 14.8. The Kier molecular flexibility index (Phi) is 7.70. The Morgan fingerprint density at radius 1 is 1.12 bits per heavy atom. The minimum atomic E-state index is -4.92. The molecule has 3 atom stereocenters. The average Bonchev–Trinajstić information content (AvgIpc) is 3.30. The largest absolute Gasteiger partial charge is 0.481 e. The number of pyridine rings is 1. The van der Waals surface area contributed by atoms with Crippen LogP contribution in [0, 0.1) is 29.6 Å². The summed E-state index contributed by atoms with van der Waals surface area (Å²) in [4.78, 5) is 44.5. The van der Waals surface area contributed by atoms with Gasteiger partial charge in [-0.3, -0.25) is 19.1 Å². The fourth-order valence-electron chi connectivity index (χ4n) is 7.11. The van der Waals surface area contributed by atoms with Gasteiger partial charge >= 0.3 is 12.1 Å². The molecule has 5 rings (SSSR count). The third kappa shape index (κ3) is 5.31. The predicted octanol–water partition coefficient (Wildman–Crippen LogP) is 6.88. The van der Waals surface area contributed by atoms with E-state index in [0.717, 1.165) is 10.9 Å². The van der Waals surface area contributed by atoms with E-state index in [2.05, 4.69) is 23.9 Å². The third-order valence-corrected chi connectivity index (χ3v) is 10.5. The van der Waals surface area contributed by atoms with Crippen LogP contribution in [0.1, 0.15) is 97.4 Å². The zero-order chi connectivity index (χ0) is 30.9. The highest BCUT2D eigenvalue weighted by atomic mass is 35.5. The minimum absolute atomic E-state index is 0.0507. The molecule has 3 aliphatic rings. The molecule has 0 aliphatic heterocycles. The van der Waals surface area contributed by atoms with Gasteiger partial charge in [-0.25, -0.2) is 4.98 Å². The summed E-state index contributed by atoms with van der Waals surface area (Å²) in [5, 5.41) is 13.5. The lowest BCUT2D eigenvalue weighted by Gasteiger charge is -2.35. The second-order valence-electron chi connectivity index (χ2n) is 12.9. The number of nitrogens with zero attached hydrogens (tertiary/aromatic N) is 4. The number of alkyl halides is 3. The summed E-state index contributed by atoms with van der Waals surface area (Å²) < 4.78 is 44.6. The standard InChI is InChI=1S/C29H33Cl2F3N4O4/c1-14-9-20(30)22(24(31)36-14)21(39)13-37(16-10-18-19(11-16)27(18,2)3)25(40)17-12-35-38(23(17)29(32,33)34)15-5-7-28(4,8-6-15)26(41)42/h9,12,15-16,18-19H,5-8,10-11,13H2,1-4H3,(H,41,42)/t15-,16-,18+,19-,28-. The Balaban J connectivity index is 1.48. The van der Waals surface area contributed by atoms with E-state index in [0.29, 0.717) is 30.4 Å². The normalized spacial score (nSPS) is 28.3. The van der Waals surface area contributed by atoms with E-state index in [1.165, 1.54) is 11.0 Å². The predicted molar refractivity (Wildman–Crippen MR) is 149 cm³/mol. The van der Waals surface area contributed by atoms with Crippen LogP contribution in [0.4, 0.5) is 13.2 Å². The number of carboxylic acids is 1. The molecule has 0 aromatic carbocycles. The van der Waals surface area contributed by atoms with Gasteiger partial charge < -0.3 is 10.0 Å². The third-order valence-electron chi connectivity index (χ3n) is 9.90. The number of hydrogen-bond acceptors (Lipinski definition) is 5. The molecule has 2 heterocycles. The number of aromatic nitrogens is 3. The molecule has 0 saturated heterocycles. The molecule has 0 radical (unpaired) electrons. The van der Waals surface area contributed by atoms with Crippen LogP contribution in [0.5, 0.6) is 0 Å². The molecular weight excluding hydrogens is 596 g/mol.